The Hall–Kier alpha value is -1.68. The SMILES string of the molecule is CC.CN(CCCN1C=CNC1)Cc1cccc(O)c1. The second-order valence-electron chi connectivity index (χ2n) is 4.75. The van der Waals surface area contributed by atoms with E-state index in [2.05, 4.69) is 28.4 Å². The lowest BCUT2D eigenvalue weighted by molar-refractivity contribution is 0.292. The lowest BCUT2D eigenvalue weighted by atomic mass is 10.2. The number of hydrogen-bond donors (Lipinski definition) is 2. The van der Waals surface area contributed by atoms with Gasteiger partial charge < -0.3 is 20.2 Å². The Morgan fingerprint density at radius 1 is 1.35 bits per heavy atom. The molecule has 0 spiro atoms. The summed E-state index contributed by atoms with van der Waals surface area (Å²) in [5.74, 6) is 0.342. The summed E-state index contributed by atoms with van der Waals surface area (Å²) in [4.78, 5) is 4.55. The molecule has 0 radical (unpaired) electrons. The first-order valence-electron chi connectivity index (χ1n) is 7.34. The molecule has 0 fully saturated rings. The van der Waals surface area contributed by atoms with Crippen LogP contribution in [0.3, 0.4) is 0 Å². The number of phenols is 1. The Morgan fingerprint density at radius 3 is 2.80 bits per heavy atom. The molecule has 0 saturated heterocycles. The van der Waals surface area contributed by atoms with Crippen molar-refractivity contribution in [1.29, 1.82) is 0 Å². The largest absolute Gasteiger partial charge is 0.508 e. The molecule has 0 saturated carbocycles. The van der Waals surface area contributed by atoms with Crippen LogP contribution in [0.15, 0.2) is 36.7 Å². The van der Waals surface area contributed by atoms with Gasteiger partial charge in [0.05, 0.1) is 6.67 Å². The summed E-state index contributed by atoms with van der Waals surface area (Å²) < 4.78 is 0. The highest BCUT2D eigenvalue weighted by molar-refractivity contribution is 5.26. The highest BCUT2D eigenvalue weighted by Gasteiger charge is 2.05. The van der Waals surface area contributed by atoms with Crippen LogP contribution in [0.5, 0.6) is 5.75 Å². The topological polar surface area (TPSA) is 38.7 Å². The Morgan fingerprint density at radius 2 is 2.15 bits per heavy atom. The van der Waals surface area contributed by atoms with E-state index >= 15 is 0 Å². The average molecular weight is 277 g/mol. The maximum atomic E-state index is 9.41. The number of nitrogens with one attached hydrogen (secondary N) is 1. The molecular formula is C16H27N3O. The predicted octanol–water partition coefficient (Wildman–Crippen LogP) is 2.57. The van der Waals surface area contributed by atoms with Gasteiger partial charge in [0.1, 0.15) is 5.75 Å². The van der Waals surface area contributed by atoms with Crippen molar-refractivity contribution in [1.82, 2.24) is 15.1 Å². The van der Waals surface area contributed by atoms with E-state index in [9.17, 15) is 5.11 Å². The van der Waals surface area contributed by atoms with Crippen molar-refractivity contribution in [3.05, 3.63) is 42.2 Å². The van der Waals surface area contributed by atoms with Gasteiger partial charge in [0, 0.05) is 25.5 Å². The fraction of sp³-hybridized carbons (Fsp3) is 0.500. The first-order valence-corrected chi connectivity index (χ1v) is 7.34. The van der Waals surface area contributed by atoms with E-state index in [4.69, 9.17) is 0 Å². The van der Waals surface area contributed by atoms with E-state index in [-0.39, 0.29) is 0 Å². The van der Waals surface area contributed by atoms with E-state index in [1.165, 1.54) is 0 Å². The third-order valence-electron chi connectivity index (χ3n) is 3.05. The zero-order valence-electron chi connectivity index (χ0n) is 12.8. The lowest BCUT2D eigenvalue weighted by Gasteiger charge is -2.19. The molecule has 20 heavy (non-hydrogen) atoms. The van der Waals surface area contributed by atoms with Crippen molar-refractivity contribution < 1.29 is 5.11 Å². The first kappa shape index (κ1) is 16.4. The molecule has 1 aliphatic rings. The minimum atomic E-state index is 0.342. The highest BCUT2D eigenvalue weighted by Crippen LogP contribution is 2.12. The van der Waals surface area contributed by atoms with Crippen LogP contribution in [0.25, 0.3) is 0 Å². The van der Waals surface area contributed by atoms with Crippen molar-refractivity contribution in [3.63, 3.8) is 0 Å². The number of hydrogen-bond acceptors (Lipinski definition) is 4. The molecule has 2 rings (SSSR count). The second-order valence-corrected chi connectivity index (χ2v) is 4.75. The highest BCUT2D eigenvalue weighted by atomic mass is 16.3. The van der Waals surface area contributed by atoms with Gasteiger partial charge in [-0.25, -0.2) is 0 Å². The smallest absolute Gasteiger partial charge is 0.115 e. The summed E-state index contributed by atoms with van der Waals surface area (Å²) >= 11 is 0. The summed E-state index contributed by atoms with van der Waals surface area (Å²) in [6, 6.07) is 7.46. The third-order valence-corrected chi connectivity index (χ3v) is 3.05. The molecule has 0 aromatic heterocycles. The molecule has 4 nitrogen and oxygen atoms in total. The summed E-state index contributed by atoms with van der Waals surface area (Å²) in [5.41, 5.74) is 1.15. The maximum absolute atomic E-state index is 9.41. The number of nitrogens with zero attached hydrogens (tertiary/aromatic N) is 2. The van der Waals surface area contributed by atoms with Gasteiger partial charge in [-0.15, -0.1) is 0 Å². The fourth-order valence-corrected chi connectivity index (χ4v) is 2.12. The molecule has 1 heterocycles. The first-order chi connectivity index (χ1) is 9.74. The quantitative estimate of drug-likeness (QED) is 0.838. The zero-order valence-corrected chi connectivity index (χ0v) is 12.8. The van der Waals surface area contributed by atoms with E-state index < -0.39 is 0 Å². The maximum Gasteiger partial charge on any atom is 0.115 e. The molecule has 2 N–H and O–H groups in total. The lowest BCUT2D eigenvalue weighted by Crippen LogP contribution is -2.26. The predicted molar refractivity (Wildman–Crippen MR) is 84.3 cm³/mol. The number of aromatic hydroxyl groups is 1. The fourth-order valence-electron chi connectivity index (χ4n) is 2.12. The van der Waals surface area contributed by atoms with Gasteiger partial charge in [0.2, 0.25) is 0 Å². The summed E-state index contributed by atoms with van der Waals surface area (Å²) in [6.45, 7) is 7.94. The van der Waals surface area contributed by atoms with Crippen LogP contribution in [-0.2, 0) is 6.54 Å². The van der Waals surface area contributed by atoms with Crippen LogP contribution in [-0.4, -0.2) is 41.7 Å². The normalized spacial score (nSPS) is 13.1. The van der Waals surface area contributed by atoms with Crippen molar-refractivity contribution in [2.75, 3.05) is 26.8 Å². The van der Waals surface area contributed by atoms with Crippen LogP contribution in [0.1, 0.15) is 25.8 Å². The van der Waals surface area contributed by atoms with Gasteiger partial charge in [-0.3, -0.25) is 0 Å². The van der Waals surface area contributed by atoms with Crippen LogP contribution in [0.2, 0.25) is 0 Å². The number of rotatable bonds is 6. The molecule has 0 aliphatic carbocycles. The molecule has 4 heteroatoms. The van der Waals surface area contributed by atoms with Gasteiger partial charge in [0.15, 0.2) is 0 Å². The summed E-state index contributed by atoms with van der Waals surface area (Å²) in [7, 11) is 2.11. The molecule has 0 amide bonds. The van der Waals surface area contributed by atoms with Crippen LogP contribution < -0.4 is 5.32 Å². The molecule has 0 unspecified atom stereocenters. The Labute approximate surface area is 122 Å². The van der Waals surface area contributed by atoms with E-state index in [0.717, 1.165) is 38.3 Å². The van der Waals surface area contributed by atoms with Crippen molar-refractivity contribution in [2.45, 2.75) is 26.8 Å². The van der Waals surface area contributed by atoms with Crippen LogP contribution >= 0.6 is 0 Å². The van der Waals surface area contributed by atoms with Gasteiger partial charge in [-0.2, -0.15) is 0 Å². The standard InChI is InChI=1S/C14H21N3O.C2H6/c1-16(7-3-8-17-9-6-15-12-17)11-13-4-2-5-14(18)10-13;1-2/h2,4-6,9-10,15,18H,3,7-8,11-12H2,1H3;1-2H3. The third kappa shape index (κ3) is 5.97. The van der Waals surface area contributed by atoms with E-state index in [0.29, 0.717) is 5.75 Å². The van der Waals surface area contributed by atoms with Crippen molar-refractivity contribution in [2.24, 2.45) is 0 Å². The number of benzene rings is 1. The Balaban J connectivity index is 0.000000956. The van der Waals surface area contributed by atoms with Gasteiger partial charge in [-0.05, 0) is 37.7 Å². The van der Waals surface area contributed by atoms with E-state index in [1.807, 2.05) is 38.2 Å². The van der Waals surface area contributed by atoms with E-state index in [1.54, 1.807) is 6.07 Å². The number of phenolic OH excluding ortho intramolecular Hbond substituents is 1. The van der Waals surface area contributed by atoms with Crippen molar-refractivity contribution >= 4 is 0 Å². The molecule has 0 bridgehead atoms. The Bertz CT molecular complexity index is 406. The molecule has 0 atom stereocenters. The molecule has 1 aromatic rings. The molecule has 1 aromatic carbocycles. The summed E-state index contributed by atoms with van der Waals surface area (Å²) in [5, 5.41) is 12.6. The van der Waals surface area contributed by atoms with Crippen molar-refractivity contribution in [3.8, 4) is 5.75 Å². The molecule has 1 aliphatic heterocycles. The van der Waals surface area contributed by atoms with Gasteiger partial charge >= 0.3 is 0 Å². The molecular weight excluding hydrogens is 250 g/mol. The van der Waals surface area contributed by atoms with Gasteiger partial charge in [-0.1, -0.05) is 26.0 Å². The van der Waals surface area contributed by atoms with Crippen LogP contribution in [0.4, 0.5) is 0 Å². The second kappa shape index (κ2) is 9.26. The summed E-state index contributed by atoms with van der Waals surface area (Å²) in [6.07, 6.45) is 5.22. The minimum Gasteiger partial charge on any atom is -0.508 e. The average Bonchev–Trinajstić information content (AvgIpc) is 2.94. The monoisotopic (exact) mass is 277 g/mol. The zero-order chi connectivity index (χ0) is 14.8. The molecule has 112 valence electrons. The van der Waals surface area contributed by atoms with Crippen LogP contribution in [0, 0.1) is 0 Å². The Kier molecular flexibility index (Phi) is 7.58. The van der Waals surface area contributed by atoms with Gasteiger partial charge in [0.25, 0.3) is 0 Å². The minimum absolute atomic E-state index is 0.342.